The molecule has 0 spiro atoms. The molecule has 1 amide bonds. The second kappa shape index (κ2) is 6.11. The van der Waals surface area contributed by atoms with Gasteiger partial charge in [0.25, 0.3) is 0 Å². The first-order valence-electron chi connectivity index (χ1n) is 5.98. The molecule has 0 aromatic heterocycles. The summed E-state index contributed by atoms with van der Waals surface area (Å²) in [4.78, 5) is 24.1. The van der Waals surface area contributed by atoms with Gasteiger partial charge >= 0.3 is 5.91 Å². The van der Waals surface area contributed by atoms with E-state index in [9.17, 15) is 9.70 Å². The summed E-state index contributed by atoms with van der Waals surface area (Å²) in [5.74, 6) is 1.64. The first-order chi connectivity index (χ1) is 8.70. The van der Waals surface area contributed by atoms with Crippen LogP contribution in [0.5, 0.6) is 0 Å². The Morgan fingerprint density at radius 3 is 2.78 bits per heavy atom. The second-order valence-electron chi connectivity index (χ2n) is 4.43. The smallest absolute Gasteiger partial charge is 0.297 e. The number of nitroso groups, excluding NO2 is 1. The number of thioether (sulfide) groups is 1. The van der Waals surface area contributed by atoms with Crippen LogP contribution in [0.2, 0.25) is 0 Å². The fraction of sp³-hybridized carbons (Fsp3) is 0.462. The summed E-state index contributed by atoms with van der Waals surface area (Å²) in [5.41, 5.74) is 2.30. The van der Waals surface area contributed by atoms with Gasteiger partial charge in [0.15, 0.2) is 0 Å². The van der Waals surface area contributed by atoms with Crippen LogP contribution in [0.3, 0.4) is 0 Å². The van der Waals surface area contributed by atoms with Crippen molar-refractivity contribution in [3.8, 4) is 0 Å². The van der Waals surface area contributed by atoms with Crippen molar-refractivity contribution < 1.29 is 4.79 Å². The third-order valence-electron chi connectivity index (χ3n) is 3.13. The van der Waals surface area contributed by atoms with Crippen molar-refractivity contribution in [2.24, 2.45) is 5.18 Å². The monoisotopic (exact) mass is 264 g/mol. The number of rotatable bonds is 3. The zero-order valence-corrected chi connectivity index (χ0v) is 11.2. The summed E-state index contributed by atoms with van der Waals surface area (Å²) in [7, 11) is 0. The molecule has 0 unspecified atom stereocenters. The maximum Gasteiger partial charge on any atom is 0.317 e. The molecule has 0 atom stereocenters. The lowest BCUT2D eigenvalue weighted by Crippen LogP contribution is -2.32. The number of nitrogens with zero attached hydrogens (tertiary/aromatic N) is 2. The van der Waals surface area contributed by atoms with Gasteiger partial charge in [-0.25, -0.2) is 0 Å². The number of hydrogen-bond donors (Lipinski definition) is 0. The lowest BCUT2D eigenvalue weighted by molar-refractivity contribution is 0.1000. The quantitative estimate of drug-likeness (QED) is 0.787. The maximum absolute atomic E-state index is 11.4. The molecule has 0 saturated carbocycles. The minimum atomic E-state index is -0.677. The van der Waals surface area contributed by atoms with Crippen LogP contribution in [0.1, 0.15) is 21.5 Å². The van der Waals surface area contributed by atoms with E-state index in [-0.39, 0.29) is 0 Å². The number of hydrogen-bond acceptors (Lipinski definition) is 4. The van der Waals surface area contributed by atoms with Gasteiger partial charge in [-0.2, -0.15) is 11.8 Å². The highest BCUT2D eigenvalue weighted by Crippen LogP contribution is 2.16. The van der Waals surface area contributed by atoms with Crippen LogP contribution < -0.4 is 0 Å². The number of aryl methyl sites for hydroxylation is 1. The predicted molar refractivity (Wildman–Crippen MR) is 73.9 cm³/mol. The zero-order valence-electron chi connectivity index (χ0n) is 10.4. The molecule has 5 heteroatoms. The Bertz CT molecular complexity index is 456. The molecule has 1 aliphatic heterocycles. The van der Waals surface area contributed by atoms with Crippen molar-refractivity contribution in [1.29, 1.82) is 0 Å². The predicted octanol–water partition coefficient (Wildman–Crippen LogP) is 2.45. The summed E-state index contributed by atoms with van der Waals surface area (Å²) in [5, 5.41) is 2.50. The van der Waals surface area contributed by atoms with Gasteiger partial charge in [0.1, 0.15) is 0 Å². The van der Waals surface area contributed by atoms with Crippen molar-refractivity contribution in [3.05, 3.63) is 39.8 Å². The number of carbonyl (C=O) groups excluding carboxylic acids is 1. The van der Waals surface area contributed by atoms with E-state index in [0.29, 0.717) is 5.56 Å². The van der Waals surface area contributed by atoms with Crippen LogP contribution in [0.25, 0.3) is 0 Å². The molecule has 1 heterocycles. The number of carbonyl (C=O) groups is 1. The fourth-order valence-electron chi connectivity index (χ4n) is 2.06. The second-order valence-corrected chi connectivity index (χ2v) is 5.66. The Morgan fingerprint density at radius 1 is 1.39 bits per heavy atom. The SMILES string of the molecule is Cc1ccc(CN2CCSCC2)cc1C(=O)N=O. The van der Waals surface area contributed by atoms with Crippen LogP contribution in [0.15, 0.2) is 23.4 Å². The van der Waals surface area contributed by atoms with E-state index in [1.165, 1.54) is 0 Å². The van der Waals surface area contributed by atoms with Gasteiger partial charge in [-0.1, -0.05) is 12.1 Å². The molecule has 1 saturated heterocycles. The highest BCUT2D eigenvalue weighted by Gasteiger charge is 2.13. The molecule has 4 nitrogen and oxygen atoms in total. The molecule has 0 bridgehead atoms. The van der Waals surface area contributed by atoms with Gasteiger partial charge in [0.2, 0.25) is 0 Å². The molecular formula is C13H16N2O2S. The third kappa shape index (κ3) is 3.17. The summed E-state index contributed by atoms with van der Waals surface area (Å²) in [6.07, 6.45) is 0. The summed E-state index contributed by atoms with van der Waals surface area (Å²) in [6.45, 7) is 4.81. The van der Waals surface area contributed by atoms with Gasteiger partial charge in [-0.15, -0.1) is 4.91 Å². The zero-order chi connectivity index (χ0) is 13.0. The Morgan fingerprint density at radius 2 is 2.11 bits per heavy atom. The largest absolute Gasteiger partial charge is 0.317 e. The molecule has 0 aliphatic carbocycles. The average molecular weight is 264 g/mol. The Hall–Kier alpha value is -1.20. The normalized spacial score (nSPS) is 16.5. The Kier molecular flexibility index (Phi) is 4.49. The molecule has 0 radical (unpaired) electrons. The van der Waals surface area contributed by atoms with Crippen molar-refractivity contribution in [2.45, 2.75) is 13.5 Å². The number of benzene rings is 1. The summed E-state index contributed by atoms with van der Waals surface area (Å²) < 4.78 is 0. The standard InChI is InChI=1S/C13H16N2O2S/c1-10-2-3-11(8-12(10)13(16)14-17)9-15-4-6-18-7-5-15/h2-3,8H,4-7,9H2,1H3. The van der Waals surface area contributed by atoms with Crippen LogP contribution in [0.4, 0.5) is 0 Å². The molecule has 1 aliphatic rings. The van der Waals surface area contributed by atoms with E-state index in [4.69, 9.17) is 0 Å². The molecule has 1 fully saturated rings. The van der Waals surface area contributed by atoms with E-state index >= 15 is 0 Å². The minimum Gasteiger partial charge on any atom is -0.297 e. The first kappa shape index (κ1) is 13.2. The average Bonchev–Trinajstić information content (AvgIpc) is 2.41. The van der Waals surface area contributed by atoms with Crippen molar-refractivity contribution in [3.63, 3.8) is 0 Å². The minimum absolute atomic E-state index is 0.425. The molecule has 1 aromatic rings. The fourth-order valence-corrected chi connectivity index (χ4v) is 3.04. The van der Waals surface area contributed by atoms with Gasteiger partial charge in [0, 0.05) is 41.9 Å². The van der Waals surface area contributed by atoms with Crippen molar-refractivity contribution in [1.82, 2.24) is 4.90 Å². The summed E-state index contributed by atoms with van der Waals surface area (Å²) in [6, 6.07) is 5.69. The third-order valence-corrected chi connectivity index (χ3v) is 4.07. The lowest BCUT2D eigenvalue weighted by Gasteiger charge is -2.26. The summed E-state index contributed by atoms with van der Waals surface area (Å²) >= 11 is 1.97. The molecular weight excluding hydrogens is 248 g/mol. The van der Waals surface area contributed by atoms with E-state index in [0.717, 1.165) is 42.3 Å². The van der Waals surface area contributed by atoms with Gasteiger partial charge in [-0.05, 0) is 24.1 Å². The first-order valence-corrected chi connectivity index (χ1v) is 7.13. The van der Waals surface area contributed by atoms with E-state index in [1.54, 1.807) is 6.07 Å². The molecule has 96 valence electrons. The Labute approximate surface area is 111 Å². The Balaban J connectivity index is 2.13. The highest BCUT2D eigenvalue weighted by atomic mass is 32.2. The van der Waals surface area contributed by atoms with E-state index in [1.807, 2.05) is 30.8 Å². The van der Waals surface area contributed by atoms with Crippen molar-refractivity contribution >= 4 is 17.7 Å². The van der Waals surface area contributed by atoms with Gasteiger partial charge in [0.05, 0.1) is 0 Å². The molecule has 0 N–H and O–H groups in total. The maximum atomic E-state index is 11.4. The van der Waals surface area contributed by atoms with Crippen molar-refractivity contribution in [2.75, 3.05) is 24.6 Å². The van der Waals surface area contributed by atoms with Crippen LogP contribution in [-0.2, 0) is 6.54 Å². The molecule has 18 heavy (non-hydrogen) atoms. The van der Waals surface area contributed by atoms with Crippen LogP contribution in [0, 0.1) is 11.8 Å². The topological polar surface area (TPSA) is 49.7 Å². The number of amides is 1. The van der Waals surface area contributed by atoms with Crippen LogP contribution in [-0.4, -0.2) is 35.4 Å². The lowest BCUT2D eigenvalue weighted by atomic mass is 10.0. The van der Waals surface area contributed by atoms with Gasteiger partial charge < -0.3 is 0 Å². The van der Waals surface area contributed by atoms with Gasteiger partial charge in [-0.3, -0.25) is 9.69 Å². The highest BCUT2D eigenvalue weighted by molar-refractivity contribution is 7.99. The van der Waals surface area contributed by atoms with E-state index < -0.39 is 5.91 Å². The molecule has 2 rings (SSSR count). The molecule has 1 aromatic carbocycles. The van der Waals surface area contributed by atoms with Crippen LogP contribution >= 0.6 is 11.8 Å². The van der Waals surface area contributed by atoms with E-state index in [2.05, 4.69) is 10.1 Å².